The third-order valence-electron chi connectivity index (χ3n) is 9.07. The molecule has 0 aliphatic heterocycles. The Hall–Kier alpha value is -0.300. The van der Waals surface area contributed by atoms with Crippen LogP contribution in [0.1, 0.15) is 93.4 Å². The van der Waals surface area contributed by atoms with Gasteiger partial charge in [-0.1, -0.05) is 59.6 Å². The summed E-state index contributed by atoms with van der Waals surface area (Å²) in [5.74, 6) is 0.639. The van der Waals surface area contributed by atoms with Crippen molar-refractivity contribution in [2.24, 2.45) is 27.6 Å². The highest BCUT2D eigenvalue weighted by molar-refractivity contribution is 5.36. The molecule has 0 aromatic rings. The second-order valence-corrected chi connectivity index (χ2v) is 10.4. The molecule has 1 saturated carbocycles. The van der Waals surface area contributed by atoms with Crippen LogP contribution in [0.25, 0.3) is 0 Å². The van der Waals surface area contributed by atoms with Crippen molar-refractivity contribution in [1.82, 2.24) is 0 Å². The highest BCUT2D eigenvalue weighted by Gasteiger charge is 2.58. The summed E-state index contributed by atoms with van der Waals surface area (Å²) < 4.78 is 0. The zero-order valence-corrected chi connectivity index (χ0v) is 16.6. The molecule has 3 rings (SSSR count). The number of aliphatic hydroxyl groups is 1. The van der Waals surface area contributed by atoms with Gasteiger partial charge in [0.25, 0.3) is 0 Å². The molecule has 1 nitrogen and oxygen atoms in total. The number of rotatable bonds is 1. The van der Waals surface area contributed by atoms with E-state index in [0.717, 1.165) is 6.42 Å². The highest BCUT2D eigenvalue weighted by Crippen LogP contribution is 2.67. The number of aliphatic hydroxyl groups excluding tert-OH is 1. The molecule has 0 amide bonds. The van der Waals surface area contributed by atoms with Crippen LogP contribution in [0, 0.1) is 27.6 Å². The van der Waals surface area contributed by atoms with Crippen LogP contribution in [-0.4, -0.2) is 11.2 Å². The highest BCUT2D eigenvalue weighted by atomic mass is 16.3. The zero-order chi connectivity index (χ0) is 17.3. The first-order chi connectivity index (χ1) is 10.5. The Morgan fingerprint density at radius 3 is 2.17 bits per heavy atom. The predicted octanol–water partition coefficient (Wildman–Crippen LogP) is 6.12. The van der Waals surface area contributed by atoms with Crippen LogP contribution in [0.5, 0.6) is 0 Å². The molecule has 0 aromatic carbocycles. The molecule has 4 atom stereocenters. The molecular weight excluding hydrogens is 280 g/mol. The second kappa shape index (κ2) is 5.10. The smallest absolute Gasteiger partial charge is 0.0594 e. The first-order valence-electron chi connectivity index (χ1n) is 9.92. The van der Waals surface area contributed by atoms with Crippen LogP contribution < -0.4 is 0 Å². The molecule has 132 valence electrons. The van der Waals surface area contributed by atoms with Gasteiger partial charge in [0.15, 0.2) is 0 Å². The third-order valence-corrected chi connectivity index (χ3v) is 9.07. The van der Waals surface area contributed by atoms with Gasteiger partial charge in [0.1, 0.15) is 0 Å². The molecule has 0 radical (unpaired) electrons. The van der Waals surface area contributed by atoms with Crippen molar-refractivity contribution in [3.05, 3.63) is 11.1 Å². The summed E-state index contributed by atoms with van der Waals surface area (Å²) in [7, 11) is 0. The molecule has 23 heavy (non-hydrogen) atoms. The summed E-state index contributed by atoms with van der Waals surface area (Å²) in [6.45, 7) is 17.1. The van der Waals surface area contributed by atoms with E-state index in [9.17, 15) is 5.11 Å². The van der Waals surface area contributed by atoms with E-state index in [0.29, 0.717) is 22.2 Å². The first kappa shape index (κ1) is 17.5. The van der Waals surface area contributed by atoms with Gasteiger partial charge in [-0.15, -0.1) is 0 Å². The Morgan fingerprint density at radius 2 is 1.57 bits per heavy atom. The van der Waals surface area contributed by atoms with E-state index in [2.05, 4.69) is 48.5 Å². The summed E-state index contributed by atoms with van der Waals surface area (Å²) in [5.41, 5.74) is 4.76. The molecule has 0 aromatic heterocycles. The van der Waals surface area contributed by atoms with E-state index in [-0.39, 0.29) is 11.5 Å². The molecule has 4 unspecified atom stereocenters. The van der Waals surface area contributed by atoms with Crippen molar-refractivity contribution >= 4 is 0 Å². The van der Waals surface area contributed by atoms with Crippen molar-refractivity contribution < 1.29 is 5.11 Å². The minimum absolute atomic E-state index is 0.0567. The summed E-state index contributed by atoms with van der Waals surface area (Å²) >= 11 is 0. The monoisotopic (exact) mass is 318 g/mol. The fourth-order valence-corrected chi connectivity index (χ4v) is 6.73. The van der Waals surface area contributed by atoms with Crippen LogP contribution >= 0.6 is 0 Å². The number of hydrogen-bond acceptors (Lipinski definition) is 1. The van der Waals surface area contributed by atoms with Crippen molar-refractivity contribution in [1.29, 1.82) is 0 Å². The molecule has 0 spiro atoms. The van der Waals surface area contributed by atoms with E-state index < -0.39 is 0 Å². The topological polar surface area (TPSA) is 20.2 Å². The molecule has 1 N–H and O–H groups in total. The molecule has 1 fully saturated rings. The first-order valence-corrected chi connectivity index (χ1v) is 9.92. The van der Waals surface area contributed by atoms with Crippen molar-refractivity contribution in [2.45, 2.75) is 99.5 Å². The Morgan fingerprint density at radius 1 is 0.913 bits per heavy atom. The van der Waals surface area contributed by atoms with Gasteiger partial charge < -0.3 is 5.11 Å². The van der Waals surface area contributed by atoms with E-state index in [1.165, 1.54) is 38.5 Å². The lowest BCUT2D eigenvalue weighted by molar-refractivity contribution is -0.0953. The molecule has 3 aliphatic carbocycles. The summed E-state index contributed by atoms with van der Waals surface area (Å²) in [4.78, 5) is 0. The Kier molecular flexibility index (Phi) is 3.88. The van der Waals surface area contributed by atoms with Gasteiger partial charge in [-0.2, -0.15) is 0 Å². The van der Waals surface area contributed by atoms with Gasteiger partial charge in [-0.05, 0) is 72.5 Å². The van der Waals surface area contributed by atoms with Gasteiger partial charge >= 0.3 is 0 Å². The van der Waals surface area contributed by atoms with Crippen molar-refractivity contribution in [3.63, 3.8) is 0 Å². The van der Waals surface area contributed by atoms with Gasteiger partial charge in [0.05, 0.1) is 6.10 Å². The normalized spacial score (nSPS) is 45.4. The molecule has 1 heteroatoms. The van der Waals surface area contributed by atoms with E-state index in [1.807, 2.05) is 5.57 Å². The van der Waals surface area contributed by atoms with Crippen LogP contribution in [0.15, 0.2) is 11.1 Å². The lowest BCUT2D eigenvalue weighted by atomic mass is 9.43. The van der Waals surface area contributed by atoms with Crippen LogP contribution in [0.2, 0.25) is 0 Å². The van der Waals surface area contributed by atoms with E-state index in [1.54, 1.807) is 5.57 Å². The maximum Gasteiger partial charge on any atom is 0.0594 e. The SMILES string of the molecule is CCC1(C)C2=C(CCC1(C)C)C1(C)CCC(O)C(C)(C)C1CC2. The third kappa shape index (κ3) is 2.14. The lowest BCUT2D eigenvalue weighted by Crippen LogP contribution is -2.54. The number of hydrogen-bond donors (Lipinski definition) is 1. The summed E-state index contributed by atoms with van der Waals surface area (Å²) in [6, 6.07) is 0. The van der Waals surface area contributed by atoms with Crippen LogP contribution in [0.4, 0.5) is 0 Å². The van der Waals surface area contributed by atoms with Gasteiger partial charge in [-0.25, -0.2) is 0 Å². The average Bonchev–Trinajstić information content (AvgIpc) is 2.47. The number of allylic oxidation sites excluding steroid dienone is 2. The zero-order valence-electron chi connectivity index (χ0n) is 16.6. The molecule has 0 heterocycles. The minimum Gasteiger partial charge on any atom is -0.393 e. The Bertz CT molecular complexity index is 526. The van der Waals surface area contributed by atoms with Crippen LogP contribution in [-0.2, 0) is 0 Å². The average molecular weight is 319 g/mol. The quantitative estimate of drug-likeness (QED) is 0.578. The predicted molar refractivity (Wildman–Crippen MR) is 98.3 cm³/mol. The fraction of sp³-hybridized carbons (Fsp3) is 0.909. The largest absolute Gasteiger partial charge is 0.393 e. The summed E-state index contributed by atoms with van der Waals surface area (Å²) in [6.07, 6.45) is 8.43. The van der Waals surface area contributed by atoms with E-state index >= 15 is 0 Å². The van der Waals surface area contributed by atoms with Gasteiger partial charge in [0, 0.05) is 0 Å². The molecule has 0 saturated heterocycles. The van der Waals surface area contributed by atoms with Crippen molar-refractivity contribution in [3.8, 4) is 0 Å². The van der Waals surface area contributed by atoms with Gasteiger partial charge in [-0.3, -0.25) is 0 Å². The molecular formula is C22H38O. The summed E-state index contributed by atoms with van der Waals surface area (Å²) in [5, 5.41) is 10.6. The van der Waals surface area contributed by atoms with E-state index in [4.69, 9.17) is 0 Å². The molecule has 3 aliphatic rings. The maximum atomic E-state index is 10.6. The number of fused-ring (bicyclic) bond motifs is 2. The van der Waals surface area contributed by atoms with Gasteiger partial charge in [0.2, 0.25) is 0 Å². The maximum absolute atomic E-state index is 10.6. The van der Waals surface area contributed by atoms with Crippen LogP contribution in [0.3, 0.4) is 0 Å². The molecule has 0 bridgehead atoms. The Labute approximate surface area is 143 Å². The minimum atomic E-state index is -0.125. The van der Waals surface area contributed by atoms with Crippen molar-refractivity contribution in [2.75, 3.05) is 0 Å². The Balaban J connectivity index is 2.12. The lowest BCUT2D eigenvalue weighted by Gasteiger charge is -2.62. The second-order valence-electron chi connectivity index (χ2n) is 10.4. The standard InChI is InChI=1S/C22H38O/c1-8-22(7)16-9-10-17-20(4,5)18(23)12-14-21(17,6)15(16)11-13-19(22,2)3/h17-18,23H,8-14H2,1-7H3. The fourth-order valence-electron chi connectivity index (χ4n) is 6.73.